The van der Waals surface area contributed by atoms with Crippen LogP contribution in [0.3, 0.4) is 0 Å². The summed E-state index contributed by atoms with van der Waals surface area (Å²) in [4.78, 5) is 16.4. The molecule has 1 aliphatic heterocycles. The number of rotatable bonds is 2. The Labute approximate surface area is 128 Å². The fourth-order valence-electron chi connectivity index (χ4n) is 2.50. The number of benzene rings is 1. The highest BCUT2D eigenvalue weighted by Gasteiger charge is 2.24. The van der Waals surface area contributed by atoms with Gasteiger partial charge in [0, 0.05) is 12.2 Å². The second-order valence-corrected chi connectivity index (χ2v) is 5.62. The highest BCUT2D eigenvalue weighted by atomic mass is 35.5. The zero-order valence-electron chi connectivity index (χ0n) is 11.7. The zero-order chi connectivity index (χ0) is 14.8. The maximum atomic E-state index is 12.4. The topological polar surface area (TPSA) is 54.0 Å². The Hall–Kier alpha value is -2.07. The molecular formula is C16H16ClN3O. The summed E-state index contributed by atoms with van der Waals surface area (Å²) in [5.74, 6) is -0.0867. The van der Waals surface area contributed by atoms with Crippen molar-refractivity contribution >= 4 is 28.9 Å². The number of hydrogen-bond acceptors (Lipinski definition) is 3. The lowest BCUT2D eigenvalue weighted by Crippen LogP contribution is -2.33. The van der Waals surface area contributed by atoms with E-state index in [2.05, 4.69) is 21.7 Å². The standard InChI is InChI=1S/C16H16ClN3O/c1-10-6-13(9-19-15(10)17)20-16(21)12-7-11-4-2-3-5-14(11)18-8-12/h2-6,9,12,18H,7-8H2,1H3,(H,20,21). The van der Waals surface area contributed by atoms with E-state index >= 15 is 0 Å². The van der Waals surface area contributed by atoms with E-state index in [1.54, 1.807) is 6.20 Å². The number of carbonyl (C=O) groups is 1. The van der Waals surface area contributed by atoms with E-state index in [1.807, 2.05) is 31.2 Å². The minimum atomic E-state index is -0.0871. The van der Waals surface area contributed by atoms with Crippen molar-refractivity contribution < 1.29 is 4.79 Å². The van der Waals surface area contributed by atoms with Gasteiger partial charge in [-0.2, -0.15) is 0 Å². The average molecular weight is 302 g/mol. The van der Waals surface area contributed by atoms with E-state index < -0.39 is 0 Å². The van der Waals surface area contributed by atoms with Crippen molar-refractivity contribution in [3.05, 3.63) is 52.8 Å². The first-order valence-electron chi connectivity index (χ1n) is 6.88. The number of anilines is 2. The van der Waals surface area contributed by atoms with Crippen molar-refractivity contribution in [1.82, 2.24) is 4.98 Å². The van der Waals surface area contributed by atoms with Gasteiger partial charge in [-0.1, -0.05) is 29.8 Å². The van der Waals surface area contributed by atoms with Crippen molar-refractivity contribution in [2.24, 2.45) is 5.92 Å². The predicted molar refractivity (Wildman–Crippen MR) is 84.7 cm³/mol. The molecule has 1 unspecified atom stereocenters. The third-order valence-corrected chi connectivity index (χ3v) is 4.07. The van der Waals surface area contributed by atoms with Crippen molar-refractivity contribution in [2.75, 3.05) is 17.2 Å². The van der Waals surface area contributed by atoms with Gasteiger partial charge in [-0.15, -0.1) is 0 Å². The van der Waals surface area contributed by atoms with Crippen LogP contribution in [0.4, 0.5) is 11.4 Å². The van der Waals surface area contributed by atoms with E-state index in [1.165, 1.54) is 5.56 Å². The van der Waals surface area contributed by atoms with Crippen molar-refractivity contribution in [3.63, 3.8) is 0 Å². The van der Waals surface area contributed by atoms with Crippen LogP contribution in [-0.2, 0) is 11.2 Å². The predicted octanol–water partition coefficient (Wildman–Crippen LogP) is 3.27. The molecule has 1 amide bonds. The Bertz CT molecular complexity index is 687. The van der Waals surface area contributed by atoms with Gasteiger partial charge in [-0.05, 0) is 36.6 Å². The summed E-state index contributed by atoms with van der Waals surface area (Å²) in [7, 11) is 0. The molecule has 0 radical (unpaired) electrons. The van der Waals surface area contributed by atoms with Crippen molar-refractivity contribution in [3.8, 4) is 0 Å². The maximum absolute atomic E-state index is 12.4. The fourth-order valence-corrected chi connectivity index (χ4v) is 2.60. The van der Waals surface area contributed by atoms with Crippen LogP contribution in [-0.4, -0.2) is 17.4 Å². The van der Waals surface area contributed by atoms with Crippen LogP contribution < -0.4 is 10.6 Å². The molecule has 0 saturated carbocycles. The number of nitrogens with one attached hydrogen (secondary N) is 2. The normalized spacial score (nSPS) is 16.8. The number of hydrogen-bond donors (Lipinski definition) is 2. The summed E-state index contributed by atoms with van der Waals surface area (Å²) < 4.78 is 0. The molecule has 1 aromatic carbocycles. The van der Waals surface area contributed by atoms with E-state index in [0.29, 0.717) is 17.4 Å². The lowest BCUT2D eigenvalue weighted by atomic mass is 9.93. The molecule has 0 spiro atoms. The average Bonchev–Trinajstić information content (AvgIpc) is 2.50. The molecule has 5 heteroatoms. The van der Waals surface area contributed by atoms with Gasteiger partial charge < -0.3 is 10.6 Å². The van der Waals surface area contributed by atoms with E-state index in [-0.39, 0.29) is 11.8 Å². The second-order valence-electron chi connectivity index (χ2n) is 5.26. The van der Waals surface area contributed by atoms with Crippen LogP contribution in [0.25, 0.3) is 0 Å². The number of pyridine rings is 1. The molecule has 1 aromatic heterocycles. The van der Waals surface area contributed by atoms with Gasteiger partial charge in [-0.3, -0.25) is 4.79 Å². The van der Waals surface area contributed by atoms with Crippen molar-refractivity contribution in [1.29, 1.82) is 0 Å². The van der Waals surface area contributed by atoms with E-state index in [9.17, 15) is 4.79 Å². The fraction of sp³-hybridized carbons (Fsp3) is 0.250. The van der Waals surface area contributed by atoms with Gasteiger partial charge in [0.15, 0.2) is 0 Å². The Balaban J connectivity index is 1.70. The largest absolute Gasteiger partial charge is 0.384 e. The Morgan fingerprint density at radius 2 is 2.24 bits per heavy atom. The van der Waals surface area contributed by atoms with Crippen LogP contribution in [0.15, 0.2) is 36.5 Å². The molecular weight excluding hydrogens is 286 g/mol. The first-order chi connectivity index (χ1) is 10.1. The molecule has 108 valence electrons. The minimum Gasteiger partial charge on any atom is -0.384 e. The van der Waals surface area contributed by atoms with Crippen LogP contribution >= 0.6 is 11.6 Å². The van der Waals surface area contributed by atoms with Gasteiger partial charge in [0.05, 0.1) is 17.8 Å². The molecule has 0 saturated heterocycles. The molecule has 1 atom stereocenters. The molecule has 3 rings (SSSR count). The first-order valence-corrected chi connectivity index (χ1v) is 7.26. The molecule has 1 aliphatic rings. The summed E-state index contributed by atoms with van der Waals surface area (Å²) in [5, 5.41) is 6.67. The van der Waals surface area contributed by atoms with Gasteiger partial charge in [0.25, 0.3) is 0 Å². The SMILES string of the molecule is Cc1cc(NC(=O)C2CNc3ccccc3C2)cnc1Cl. The minimum absolute atomic E-state index is 0.000487. The summed E-state index contributed by atoms with van der Waals surface area (Å²) in [5.41, 5.74) is 3.82. The number of halogens is 1. The third kappa shape index (κ3) is 3.00. The van der Waals surface area contributed by atoms with Gasteiger partial charge in [0.2, 0.25) is 5.91 Å². The number of para-hydroxylation sites is 1. The lowest BCUT2D eigenvalue weighted by Gasteiger charge is -2.25. The number of amides is 1. The molecule has 0 bridgehead atoms. The highest BCUT2D eigenvalue weighted by Crippen LogP contribution is 2.25. The maximum Gasteiger partial charge on any atom is 0.229 e. The Morgan fingerprint density at radius 3 is 3.05 bits per heavy atom. The summed E-state index contributed by atoms with van der Waals surface area (Å²) >= 11 is 5.89. The number of aromatic nitrogens is 1. The quantitative estimate of drug-likeness (QED) is 0.837. The molecule has 2 heterocycles. The molecule has 2 aromatic rings. The van der Waals surface area contributed by atoms with Gasteiger partial charge >= 0.3 is 0 Å². The summed E-state index contributed by atoms with van der Waals surface area (Å²) in [6.07, 6.45) is 2.33. The second kappa shape index (κ2) is 5.74. The number of aryl methyl sites for hydroxylation is 1. The molecule has 4 nitrogen and oxygen atoms in total. The number of carbonyl (C=O) groups excluding carboxylic acids is 1. The molecule has 2 N–H and O–H groups in total. The van der Waals surface area contributed by atoms with Crippen LogP contribution in [0.2, 0.25) is 5.15 Å². The van der Waals surface area contributed by atoms with E-state index in [4.69, 9.17) is 11.6 Å². The number of fused-ring (bicyclic) bond motifs is 1. The van der Waals surface area contributed by atoms with Crippen molar-refractivity contribution in [2.45, 2.75) is 13.3 Å². The van der Waals surface area contributed by atoms with Crippen LogP contribution in [0.5, 0.6) is 0 Å². The third-order valence-electron chi connectivity index (χ3n) is 3.68. The Kier molecular flexibility index (Phi) is 3.80. The highest BCUT2D eigenvalue weighted by molar-refractivity contribution is 6.30. The molecule has 0 fully saturated rings. The van der Waals surface area contributed by atoms with Crippen LogP contribution in [0.1, 0.15) is 11.1 Å². The monoisotopic (exact) mass is 301 g/mol. The Morgan fingerprint density at radius 1 is 1.43 bits per heavy atom. The smallest absolute Gasteiger partial charge is 0.229 e. The number of nitrogens with zero attached hydrogens (tertiary/aromatic N) is 1. The summed E-state index contributed by atoms with van der Waals surface area (Å²) in [6.45, 7) is 2.51. The first kappa shape index (κ1) is 13.9. The van der Waals surface area contributed by atoms with E-state index in [0.717, 1.165) is 17.7 Å². The molecule has 0 aliphatic carbocycles. The van der Waals surface area contributed by atoms with Gasteiger partial charge in [-0.25, -0.2) is 4.98 Å². The lowest BCUT2D eigenvalue weighted by molar-refractivity contribution is -0.119. The van der Waals surface area contributed by atoms with Crippen LogP contribution in [0, 0.1) is 12.8 Å². The zero-order valence-corrected chi connectivity index (χ0v) is 12.4. The van der Waals surface area contributed by atoms with Gasteiger partial charge in [0.1, 0.15) is 5.15 Å². The molecule has 21 heavy (non-hydrogen) atoms. The summed E-state index contributed by atoms with van der Waals surface area (Å²) in [6, 6.07) is 9.91.